The normalized spacial score (nSPS) is 39.5. The fourth-order valence-corrected chi connectivity index (χ4v) is 4.41. The van der Waals surface area contributed by atoms with Gasteiger partial charge >= 0.3 is 0 Å². The Morgan fingerprint density at radius 3 is 2.50 bits per heavy atom. The van der Waals surface area contributed by atoms with Crippen molar-refractivity contribution in [3.05, 3.63) is 0 Å². The van der Waals surface area contributed by atoms with Crippen LogP contribution in [0.4, 0.5) is 0 Å². The minimum atomic E-state index is -0.0616. The van der Waals surface area contributed by atoms with Crippen molar-refractivity contribution in [2.24, 2.45) is 23.7 Å². The van der Waals surface area contributed by atoms with Crippen LogP contribution in [0.5, 0.6) is 0 Å². The summed E-state index contributed by atoms with van der Waals surface area (Å²) in [4.78, 5) is 2.56. The third kappa shape index (κ3) is 4.21. The molecule has 5 unspecified atom stereocenters. The first-order chi connectivity index (χ1) is 9.47. The molecule has 2 saturated carbocycles. The molecule has 20 heavy (non-hydrogen) atoms. The van der Waals surface area contributed by atoms with Crippen LogP contribution in [-0.4, -0.2) is 35.7 Å². The molecule has 5 atom stereocenters. The van der Waals surface area contributed by atoms with E-state index in [0.717, 1.165) is 36.8 Å². The van der Waals surface area contributed by atoms with E-state index in [0.29, 0.717) is 5.92 Å². The molecular weight excluding hydrogens is 246 g/mol. The Labute approximate surface area is 125 Å². The zero-order valence-corrected chi connectivity index (χ0v) is 14.0. The van der Waals surface area contributed by atoms with E-state index in [1.54, 1.807) is 0 Å². The number of rotatable bonds is 4. The van der Waals surface area contributed by atoms with Crippen LogP contribution >= 0.6 is 0 Å². The maximum atomic E-state index is 10.3. The van der Waals surface area contributed by atoms with Crippen molar-refractivity contribution in [1.29, 1.82) is 0 Å². The van der Waals surface area contributed by atoms with E-state index in [1.165, 1.54) is 38.5 Å². The van der Waals surface area contributed by atoms with Gasteiger partial charge in [0.1, 0.15) is 0 Å². The minimum Gasteiger partial charge on any atom is -0.393 e. The standard InChI is InChI=1S/C18H35NO/c1-13(2)15-8-9-18(20)16(11-15)12-19(4)17-7-5-6-14(3)10-17/h13-18,20H,5-12H2,1-4H3. The Bertz CT molecular complexity index is 291. The Kier molecular flexibility index (Phi) is 5.92. The van der Waals surface area contributed by atoms with Gasteiger partial charge in [-0.1, -0.05) is 33.6 Å². The molecule has 0 aromatic carbocycles. The molecule has 2 aliphatic carbocycles. The number of hydrogen-bond donors (Lipinski definition) is 1. The Hall–Kier alpha value is -0.0800. The van der Waals surface area contributed by atoms with Gasteiger partial charge in [-0.15, -0.1) is 0 Å². The van der Waals surface area contributed by atoms with Crippen molar-refractivity contribution in [2.45, 2.75) is 77.9 Å². The highest BCUT2D eigenvalue weighted by Gasteiger charge is 2.33. The summed E-state index contributed by atoms with van der Waals surface area (Å²) in [5, 5.41) is 10.3. The van der Waals surface area contributed by atoms with Crippen LogP contribution in [0.1, 0.15) is 65.7 Å². The quantitative estimate of drug-likeness (QED) is 0.844. The lowest BCUT2D eigenvalue weighted by molar-refractivity contribution is 0.0114. The van der Waals surface area contributed by atoms with Gasteiger partial charge in [0.2, 0.25) is 0 Å². The second-order valence-electron chi connectivity index (χ2n) is 8.01. The summed E-state index contributed by atoms with van der Waals surface area (Å²) in [6, 6.07) is 0.755. The van der Waals surface area contributed by atoms with Crippen molar-refractivity contribution in [2.75, 3.05) is 13.6 Å². The second-order valence-corrected chi connectivity index (χ2v) is 8.01. The molecule has 0 spiro atoms. The highest BCUT2D eigenvalue weighted by atomic mass is 16.3. The van der Waals surface area contributed by atoms with Gasteiger partial charge in [-0.25, -0.2) is 0 Å². The monoisotopic (exact) mass is 281 g/mol. The van der Waals surface area contributed by atoms with Crippen LogP contribution in [0.25, 0.3) is 0 Å². The first-order valence-corrected chi connectivity index (χ1v) is 8.85. The molecule has 0 saturated heterocycles. The van der Waals surface area contributed by atoms with E-state index >= 15 is 0 Å². The summed E-state index contributed by atoms with van der Waals surface area (Å²) in [7, 11) is 2.29. The largest absolute Gasteiger partial charge is 0.393 e. The van der Waals surface area contributed by atoms with Crippen molar-refractivity contribution in [3.63, 3.8) is 0 Å². The predicted molar refractivity (Wildman–Crippen MR) is 85.7 cm³/mol. The molecule has 118 valence electrons. The van der Waals surface area contributed by atoms with E-state index in [4.69, 9.17) is 0 Å². The van der Waals surface area contributed by atoms with Gasteiger partial charge in [0.05, 0.1) is 6.10 Å². The molecule has 0 amide bonds. The van der Waals surface area contributed by atoms with Gasteiger partial charge in [0.15, 0.2) is 0 Å². The average Bonchev–Trinajstić information content (AvgIpc) is 2.41. The molecule has 2 nitrogen and oxygen atoms in total. The van der Waals surface area contributed by atoms with Gasteiger partial charge < -0.3 is 10.0 Å². The van der Waals surface area contributed by atoms with E-state index in [-0.39, 0.29) is 6.10 Å². The van der Waals surface area contributed by atoms with Crippen LogP contribution in [0, 0.1) is 23.7 Å². The summed E-state index contributed by atoms with van der Waals surface area (Å²) in [5.41, 5.74) is 0. The summed E-state index contributed by atoms with van der Waals surface area (Å²) >= 11 is 0. The third-order valence-corrected chi connectivity index (χ3v) is 5.98. The van der Waals surface area contributed by atoms with Crippen molar-refractivity contribution in [1.82, 2.24) is 4.90 Å². The lowest BCUT2D eigenvalue weighted by Gasteiger charge is -2.40. The predicted octanol–water partition coefficient (Wildman–Crippen LogP) is 3.93. The van der Waals surface area contributed by atoms with E-state index in [9.17, 15) is 5.11 Å². The third-order valence-electron chi connectivity index (χ3n) is 5.98. The van der Waals surface area contributed by atoms with E-state index in [2.05, 4.69) is 32.7 Å². The average molecular weight is 281 g/mol. The van der Waals surface area contributed by atoms with Crippen LogP contribution in [0.15, 0.2) is 0 Å². The topological polar surface area (TPSA) is 23.5 Å². The smallest absolute Gasteiger partial charge is 0.0580 e. The molecule has 0 aromatic heterocycles. The first kappa shape index (κ1) is 16.3. The van der Waals surface area contributed by atoms with Gasteiger partial charge in [0, 0.05) is 12.6 Å². The second kappa shape index (κ2) is 7.26. The molecule has 1 N–H and O–H groups in total. The van der Waals surface area contributed by atoms with Gasteiger partial charge in [-0.3, -0.25) is 0 Å². The molecule has 0 aromatic rings. The molecule has 0 radical (unpaired) electrons. The van der Waals surface area contributed by atoms with Crippen LogP contribution < -0.4 is 0 Å². The highest BCUT2D eigenvalue weighted by Crippen LogP contribution is 2.35. The molecule has 2 fully saturated rings. The summed E-state index contributed by atoms with van der Waals surface area (Å²) in [6.45, 7) is 8.17. The zero-order chi connectivity index (χ0) is 14.7. The molecule has 2 heteroatoms. The summed E-state index contributed by atoms with van der Waals surface area (Å²) in [5.74, 6) is 2.97. The van der Waals surface area contributed by atoms with Gasteiger partial charge in [0.25, 0.3) is 0 Å². The molecule has 2 rings (SSSR count). The lowest BCUT2D eigenvalue weighted by Crippen LogP contribution is -2.43. The summed E-state index contributed by atoms with van der Waals surface area (Å²) in [6.07, 6.45) is 8.91. The molecule has 0 heterocycles. The maximum absolute atomic E-state index is 10.3. The van der Waals surface area contributed by atoms with Crippen molar-refractivity contribution in [3.8, 4) is 0 Å². The Morgan fingerprint density at radius 1 is 1.10 bits per heavy atom. The van der Waals surface area contributed by atoms with Crippen LogP contribution in [0.3, 0.4) is 0 Å². The van der Waals surface area contributed by atoms with Gasteiger partial charge in [-0.05, 0) is 62.8 Å². The van der Waals surface area contributed by atoms with E-state index < -0.39 is 0 Å². The van der Waals surface area contributed by atoms with Gasteiger partial charge in [-0.2, -0.15) is 0 Å². The Balaban J connectivity index is 1.86. The maximum Gasteiger partial charge on any atom is 0.0580 e. The number of aliphatic hydroxyl groups excluding tert-OH is 1. The molecule has 2 aliphatic rings. The highest BCUT2D eigenvalue weighted by molar-refractivity contribution is 4.85. The fraction of sp³-hybridized carbons (Fsp3) is 1.00. The Morgan fingerprint density at radius 2 is 1.85 bits per heavy atom. The molecule has 0 aliphatic heterocycles. The number of aliphatic hydroxyl groups is 1. The molecular formula is C18H35NO. The van der Waals surface area contributed by atoms with Crippen molar-refractivity contribution < 1.29 is 5.11 Å². The number of hydrogen-bond acceptors (Lipinski definition) is 2. The summed E-state index contributed by atoms with van der Waals surface area (Å²) < 4.78 is 0. The first-order valence-electron chi connectivity index (χ1n) is 8.85. The van der Waals surface area contributed by atoms with E-state index in [1.807, 2.05) is 0 Å². The van der Waals surface area contributed by atoms with Crippen LogP contribution in [0.2, 0.25) is 0 Å². The minimum absolute atomic E-state index is 0.0616. The van der Waals surface area contributed by atoms with Crippen LogP contribution in [-0.2, 0) is 0 Å². The van der Waals surface area contributed by atoms with Crippen molar-refractivity contribution >= 4 is 0 Å². The SMILES string of the molecule is CC1CCCC(N(C)CC2CC(C(C)C)CCC2O)C1. The lowest BCUT2D eigenvalue weighted by atomic mass is 9.74. The fourth-order valence-electron chi connectivity index (χ4n) is 4.41. The number of nitrogens with zero attached hydrogens (tertiary/aromatic N) is 1. The molecule has 0 bridgehead atoms. The zero-order valence-electron chi connectivity index (χ0n) is 14.0.